The molecule has 1 amide bonds. The van der Waals surface area contributed by atoms with Crippen molar-refractivity contribution < 1.29 is 54.0 Å². The van der Waals surface area contributed by atoms with Gasteiger partial charge in [0.1, 0.15) is 0 Å². The average Bonchev–Trinajstić information content (AvgIpc) is 2.48. The molecule has 0 aromatic heterocycles. The molecule has 0 spiro atoms. The highest BCUT2D eigenvalue weighted by Gasteiger charge is 2.66. The van der Waals surface area contributed by atoms with Gasteiger partial charge in [0.2, 0.25) is 0 Å². The van der Waals surface area contributed by atoms with Crippen molar-refractivity contribution in [2.75, 3.05) is 13.2 Å². The molecule has 1 N–H and O–H groups in total. The number of carbonyl (C=O) groups is 2. The Kier molecular flexibility index (Phi) is 8.33. The van der Waals surface area contributed by atoms with Crippen molar-refractivity contribution in [3.63, 3.8) is 0 Å². The van der Waals surface area contributed by atoms with E-state index in [2.05, 4.69) is 16.1 Å². The lowest BCUT2D eigenvalue weighted by molar-refractivity contribution is -0.347. The van der Waals surface area contributed by atoms with Crippen LogP contribution in [0.4, 0.5) is 22.0 Å². The molecule has 0 aliphatic rings. The summed E-state index contributed by atoms with van der Waals surface area (Å²) < 4.78 is 106. The molecule has 27 heavy (non-hydrogen) atoms. The molecule has 0 bridgehead atoms. The third-order valence-corrected chi connectivity index (χ3v) is 3.75. The molecule has 14 heteroatoms. The van der Waals surface area contributed by atoms with Crippen molar-refractivity contribution >= 4 is 22.0 Å². The molecule has 0 aliphatic heterocycles. The summed E-state index contributed by atoms with van der Waals surface area (Å²) in [5.74, 6) is -8.50. The summed E-state index contributed by atoms with van der Waals surface area (Å²) in [5, 5.41) is -3.20. The zero-order valence-electron chi connectivity index (χ0n) is 14.1. The Labute approximate surface area is 151 Å². The maximum absolute atomic E-state index is 13.4. The van der Waals surface area contributed by atoms with Crippen LogP contribution in [0.1, 0.15) is 20.3 Å². The molecule has 0 aromatic carbocycles. The topological polar surface area (TPSA) is 122 Å². The lowest BCUT2D eigenvalue weighted by Gasteiger charge is -2.33. The highest BCUT2D eigenvalue weighted by Crippen LogP contribution is 2.37. The maximum Gasteiger partial charge on any atom is 0.466 e. The van der Waals surface area contributed by atoms with Crippen molar-refractivity contribution in [1.29, 1.82) is 0 Å². The Balaban J connectivity index is 5.76. The molecule has 1 atom stereocenters. The third-order valence-electron chi connectivity index (χ3n) is 2.82. The maximum atomic E-state index is 13.4. The van der Waals surface area contributed by atoms with E-state index in [9.17, 15) is 44.5 Å². The number of esters is 1. The van der Waals surface area contributed by atoms with E-state index in [1.54, 1.807) is 5.32 Å². The van der Waals surface area contributed by atoms with Crippen LogP contribution in [0.5, 0.6) is 0 Å². The van der Waals surface area contributed by atoms with Gasteiger partial charge in [-0.25, -0.2) is 13.2 Å². The SMILES string of the molecule is C=CC(=O)OC(OCCC(F)(F)S(=O)(=O)[O-])(C(=O)NCC(C)C)C(F)(F)F. The first-order valence-electron chi connectivity index (χ1n) is 7.18. The molecule has 158 valence electrons. The molecule has 0 rings (SSSR count). The largest absolute Gasteiger partial charge is 0.743 e. The standard InChI is InChI=1S/C13H18F5NO7S/c1-4-9(20)26-12(13(16,17)18,10(21)19-7-8(2)3)25-6-5-11(14,15)27(22,23)24/h4,8H,1,5-7H2,2-3H3,(H,19,21)(H,22,23,24)/p-1. The van der Waals surface area contributed by atoms with Crippen LogP contribution in [0.3, 0.4) is 0 Å². The normalized spacial score (nSPS) is 15.1. The first-order chi connectivity index (χ1) is 12.0. The molecule has 0 aromatic rings. The minimum atomic E-state index is -6.19. The monoisotopic (exact) mass is 426 g/mol. The number of hydrogen-bond acceptors (Lipinski definition) is 7. The molecule has 0 saturated carbocycles. The first kappa shape index (κ1) is 25.2. The number of halogens is 5. The van der Waals surface area contributed by atoms with Gasteiger partial charge in [0.15, 0.2) is 10.1 Å². The van der Waals surface area contributed by atoms with Crippen molar-refractivity contribution in [3.8, 4) is 0 Å². The quantitative estimate of drug-likeness (QED) is 0.184. The van der Waals surface area contributed by atoms with E-state index >= 15 is 0 Å². The second-order valence-electron chi connectivity index (χ2n) is 5.53. The number of rotatable bonds is 10. The molecule has 0 saturated heterocycles. The Bertz CT molecular complexity index is 662. The molecule has 1 unspecified atom stereocenters. The van der Waals surface area contributed by atoms with Gasteiger partial charge >= 0.3 is 29.1 Å². The molecule has 0 fully saturated rings. The summed E-state index contributed by atoms with van der Waals surface area (Å²) in [6, 6.07) is 0. The van der Waals surface area contributed by atoms with Gasteiger partial charge in [0, 0.05) is 19.0 Å². The van der Waals surface area contributed by atoms with Gasteiger partial charge in [-0.3, -0.25) is 4.79 Å². The van der Waals surface area contributed by atoms with Crippen LogP contribution in [0.15, 0.2) is 12.7 Å². The van der Waals surface area contributed by atoms with Gasteiger partial charge in [-0.1, -0.05) is 20.4 Å². The Morgan fingerprint density at radius 2 is 1.74 bits per heavy atom. The highest BCUT2D eigenvalue weighted by molar-refractivity contribution is 7.86. The number of carbonyl (C=O) groups excluding carboxylic acids is 2. The van der Waals surface area contributed by atoms with Gasteiger partial charge in [0.25, 0.3) is 0 Å². The van der Waals surface area contributed by atoms with Crippen molar-refractivity contribution in [1.82, 2.24) is 5.32 Å². The van der Waals surface area contributed by atoms with Crippen molar-refractivity contribution in [2.45, 2.75) is 37.5 Å². The fourth-order valence-electron chi connectivity index (χ4n) is 1.44. The number of amides is 1. The highest BCUT2D eigenvalue weighted by atomic mass is 32.2. The van der Waals surface area contributed by atoms with E-state index in [-0.39, 0.29) is 18.5 Å². The summed E-state index contributed by atoms with van der Waals surface area (Å²) >= 11 is 0. The smallest absolute Gasteiger partial charge is 0.466 e. The molecule has 0 heterocycles. The van der Waals surface area contributed by atoms with E-state index in [0.717, 1.165) is 0 Å². The van der Waals surface area contributed by atoms with Crippen molar-refractivity contribution in [3.05, 3.63) is 12.7 Å². The van der Waals surface area contributed by atoms with Gasteiger partial charge in [-0.2, -0.15) is 22.0 Å². The molecule has 0 aliphatic carbocycles. The molecular weight excluding hydrogens is 409 g/mol. The van der Waals surface area contributed by atoms with E-state index in [1.807, 2.05) is 0 Å². The number of nitrogens with one attached hydrogen (secondary N) is 1. The number of ether oxygens (including phenoxy) is 2. The summed E-state index contributed by atoms with van der Waals surface area (Å²) in [6.07, 6.45) is -7.49. The molecule has 0 radical (unpaired) electrons. The number of hydrogen-bond donors (Lipinski definition) is 1. The number of alkyl halides is 5. The van der Waals surface area contributed by atoms with Crippen LogP contribution in [0, 0.1) is 5.92 Å². The minimum absolute atomic E-state index is 0.260. The first-order valence-corrected chi connectivity index (χ1v) is 8.58. The Morgan fingerprint density at radius 1 is 1.22 bits per heavy atom. The van der Waals surface area contributed by atoms with Crippen LogP contribution in [0.25, 0.3) is 0 Å². The minimum Gasteiger partial charge on any atom is -0.743 e. The molecule has 8 nitrogen and oxygen atoms in total. The van der Waals surface area contributed by atoms with Crippen LogP contribution >= 0.6 is 0 Å². The van der Waals surface area contributed by atoms with Gasteiger partial charge in [-0.05, 0) is 5.92 Å². The Morgan fingerprint density at radius 3 is 2.11 bits per heavy atom. The van der Waals surface area contributed by atoms with Gasteiger partial charge in [-0.15, -0.1) is 0 Å². The summed E-state index contributed by atoms with van der Waals surface area (Å²) in [4.78, 5) is 23.2. The molecular formula is C13H17F5NO7S-. The lowest BCUT2D eigenvalue weighted by atomic mass is 10.2. The van der Waals surface area contributed by atoms with E-state index in [0.29, 0.717) is 0 Å². The predicted octanol–water partition coefficient (Wildman–Crippen LogP) is 1.29. The lowest BCUT2D eigenvalue weighted by Crippen LogP contribution is -2.62. The predicted molar refractivity (Wildman–Crippen MR) is 78.1 cm³/mol. The second-order valence-corrected chi connectivity index (χ2v) is 7.04. The fourth-order valence-corrected chi connectivity index (χ4v) is 1.78. The van der Waals surface area contributed by atoms with Gasteiger partial charge in [0.05, 0.1) is 6.61 Å². The van der Waals surface area contributed by atoms with E-state index in [1.165, 1.54) is 13.8 Å². The van der Waals surface area contributed by atoms with Gasteiger partial charge < -0.3 is 19.3 Å². The summed E-state index contributed by atoms with van der Waals surface area (Å²) in [7, 11) is -6.19. The van der Waals surface area contributed by atoms with Crippen LogP contribution in [0.2, 0.25) is 0 Å². The Hall–Kier alpha value is -1.80. The zero-order chi connectivity index (χ0) is 21.7. The van der Waals surface area contributed by atoms with E-state index < -0.39 is 52.2 Å². The third kappa shape index (κ3) is 6.70. The van der Waals surface area contributed by atoms with E-state index in [4.69, 9.17) is 0 Å². The van der Waals surface area contributed by atoms with Crippen LogP contribution in [-0.4, -0.2) is 55.2 Å². The summed E-state index contributed by atoms with van der Waals surface area (Å²) in [5.41, 5.74) is 0. The summed E-state index contributed by atoms with van der Waals surface area (Å²) in [6.45, 7) is 3.80. The zero-order valence-corrected chi connectivity index (χ0v) is 15.0. The van der Waals surface area contributed by atoms with Crippen LogP contribution < -0.4 is 5.32 Å². The fraction of sp³-hybridized carbons (Fsp3) is 0.692. The van der Waals surface area contributed by atoms with Crippen molar-refractivity contribution in [2.24, 2.45) is 5.92 Å². The average molecular weight is 426 g/mol. The second kappa shape index (κ2) is 8.93. The van der Waals surface area contributed by atoms with Crippen LogP contribution in [-0.2, 0) is 29.2 Å².